The first-order valence-electron chi connectivity index (χ1n) is 7.99. The third-order valence-electron chi connectivity index (χ3n) is 3.88. The van der Waals surface area contributed by atoms with Gasteiger partial charge in [0.05, 0.1) is 7.11 Å². The first kappa shape index (κ1) is 16.4. The Morgan fingerprint density at radius 2 is 1.81 bits per heavy atom. The third kappa shape index (κ3) is 3.48. The average Bonchev–Trinajstić information content (AvgIpc) is 3.23. The predicted octanol–water partition coefficient (Wildman–Crippen LogP) is 4.09. The highest BCUT2D eigenvalue weighted by molar-refractivity contribution is 7.17. The van der Waals surface area contributed by atoms with Crippen molar-refractivity contribution in [3.63, 3.8) is 0 Å². The lowest BCUT2D eigenvalue weighted by Gasteiger charge is -2.01. The average molecular weight is 366 g/mol. The van der Waals surface area contributed by atoms with E-state index in [1.165, 1.54) is 23.5 Å². The van der Waals surface area contributed by atoms with Gasteiger partial charge in [-0.05, 0) is 41.5 Å². The first-order chi connectivity index (χ1) is 12.7. The normalized spacial score (nSPS) is 11.5. The van der Waals surface area contributed by atoms with Crippen LogP contribution in [-0.2, 0) is 6.42 Å². The lowest BCUT2D eigenvalue weighted by molar-refractivity contribution is 0.414. The lowest BCUT2D eigenvalue weighted by atomic mass is 10.1. The molecule has 26 heavy (non-hydrogen) atoms. The van der Waals surface area contributed by atoms with E-state index in [9.17, 15) is 4.39 Å². The molecular weight excluding hydrogens is 351 g/mol. The molecule has 0 amide bonds. The number of hydrogen-bond acceptors (Lipinski definition) is 5. The summed E-state index contributed by atoms with van der Waals surface area (Å²) in [6, 6.07) is 14.2. The Bertz CT molecular complexity index is 1050. The van der Waals surface area contributed by atoms with Gasteiger partial charge in [-0.3, -0.25) is 0 Å². The van der Waals surface area contributed by atoms with Gasteiger partial charge in [-0.15, -0.1) is 10.2 Å². The SMILES string of the molecule is COc1ccc(Cc2nnc3sc(C=Cc4ccc(F)cc4)nn23)cc1. The van der Waals surface area contributed by atoms with Crippen molar-refractivity contribution in [1.29, 1.82) is 0 Å². The zero-order valence-corrected chi connectivity index (χ0v) is 14.8. The third-order valence-corrected chi connectivity index (χ3v) is 4.74. The summed E-state index contributed by atoms with van der Waals surface area (Å²) in [6.07, 6.45) is 4.42. The molecule has 0 saturated carbocycles. The van der Waals surface area contributed by atoms with Crippen LogP contribution in [0.2, 0.25) is 0 Å². The van der Waals surface area contributed by atoms with Gasteiger partial charge in [-0.2, -0.15) is 9.61 Å². The molecule has 5 nitrogen and oxygen atoms in total. The van der Waals surface area contributed by atoms with Crippen molar-refractivity contribution in [2.24, 2.45) is 0 Å². The quantitative estimate of drug-likeness (QED) is 0.534. The van der Waals surface area contributed by atoms with Gasteiger partial charge in [-0.25, -0.2) is 4.39 Å². The van der Waals surface area contributed by atoms with Crippen LogP contribution in [0.25, 0.3) is 17.1 Å². The molecule has 0 aliphatic heterocycles. The molecule has 2 aromatic carbocycles. The van der Waals surface area contributed by atoms with Crippen LogP contribution in [0, 0.1) is 5.82 Å². The summed E-state index contributed by atoms with van der Waals surface area (Å²) in [5, 5.41) is 13.8. The molecule has 0 fully saturated rings. The number of benzene rings is 2. The van der Waals surface area contributed by atoms with E-state index >= 15 is 0 Å². The molecular formula is C19H15FN4OS. The summed E-state index contributed by atoms with van der Waals surface area (Å²) in [6.45, 7) is 0. The second-order valence-electron chi connectivity index (χ2n) is 5.66. The molecule has 0 bridgehead atoms. The molecule has 0 atom stereocenters. The minimum atomic E-state index is -0.246. The minimum Gasteiger partial charge on any atom is -0.497 e. The minimum absolute atomic E-state index is 0.246. The fourth-order valence-corrected chi connectivity index (χ4v) is 3.28. The van der Waals surface area contributed by atoms with E-state index in [0.717, 1.165) is 32.7 Å². The highest BCUT2D eigenvalue weighted by Gasteiger charge is 2.11. The Morgan fingerprint density at radius 3 is 2.54 bits per heavy atom. The summed E-state index contributed by atoms with van der Waals surface area (Å²) in [7, 11) is 1.65. The number of aromatic nitrogens is 4. The highest BCUT2D eigenvalue weighted by Crippen LogP contribution is 2.19. The number of ether oxygens (including phenoxy) is 1. The Hall–Kier alpha value is -3.06. The van der Waals surface area contributed by atoms with Crippen molar-refractivity contribution in [1.82, 2.24) is 19.8 Å². The van der Waals surface area contributed by atoms with Gasteiger partial charge < -0.3 is 4.74 Å². The van der Waals surface area contributed by atoms with Gasteiger partial charge in [0.2, 0.25) is 4.96 Å². The van der Waals surface area contributed by atoms with Gasteiger partial charge in [0.25, 0.3) is 0 Å². The van der Waals surface area contributed by atoms with Crippen molar-refractivity contribution in [2.75, 3.05) is 7.11 Å². The topological polar surface area (TPSA) is 52.3 Å². The maximum absolute atomic E-state index is 13.0. The van der Waals surface area contributed by atoms with Crippen LogP contribution in [0.5, 0.6) is 5.75 Å². The number of fused-ring (bicyclic) bond motifs is 1. The van der Waals surface area contributed by atoms with Gasteiger partial charge in [0, 0.05) is 6.42 Å². The van der Waals surface area contributed by atoms with E-state index in [1.807, 2.05) is 36.4 Å². The van der Waals surface area contributed by atoms with Crippen LogP contribution in [0.3, 0.4) is 0 Å². The molecule has 2 aromatic heterocycles. The molecule has 7 heteroatoms. The summed E-state index contributed by atoms with van der Waals surface area (Å²) in [5.74, 6) is 1.36. The van der Waals surface area contributed by atoms with Crippen LogP contribution < -0.4 is 4.74 Å². The van der Waals surface area contributed by atoms with E-state index in [-0.39, 0.29) is 5.82 Å². The fraction of sp³-hybridized carbons (Fsp3) is 0.105. The molecule has 130 valence electrons. The zero-order chi connectivity index (χ0) is 17.9. The van der Waals surface area contributed by atoms with Gasteiger partial charge in [0.1, 0.15) is 16.6 Å². The Morgan fingerprint density at radius 1 is 1.04 bits per heavy atom. The summed E-state index contributed by atoms with van der Waals surface area (Å²) < 4.78 is 19.9. The van der Waals surface area contributed by atoms with Crippen molar-refractivity contribution in [3.8, 4) is 5.75 Å². The number of rotatable bonds is 5. The van der Waals surface area contributed by atoms with Gasteiger partial charge >= 0.3 is 0 Å². The van der Waals surface area contributed by atoms with Gasteiger partial charge in [0.15, 0.2) is 5.82 Å². The summed E-state index contributed by atoms with van der Waals surface area (Å²) in [5.41, 5.74) is 2.02. The molecule has 0 N–H and O–H groups in total. The van der Waals surface area contributed by atoms with Crippen molar-refractivity contribution in [2.45, 2.75) is 6.42 Å². The molecule has 0 aliphatic rings. The standard InChI is InChI=1S/C19H15FN4OS/c1-25-16-9-4-14(5-10-16)12-17-21-22-19-24(17)23-18(26-19)11-6-13-2-7-15(20)8-3-13/h2-11H,12H2,1H3. The van der Waals surface area contributed by atoms with Crippen LogP contribution in [-0.4, -0.2) is 26.9 Å². The largest absolute Gasteiger partial charge is 0.497 e. The summed E-state index contributed by atoms with van der Waals surface area (Å²) in [4.78, 5) is 0.743. The maximum atomic E-state index is 13.0. The van der Waals surface area contributed by atoms with Crippen LogP contribution in [0.4, 0.5) is 4.39 Å². The fourth-order valence-electron chi connectivity index (χ4n) is 2.52. The molecule has 2 heterocycles. The maximum Gasteiger partial charge on any atom is 0.234 e. The molecule has 4 aromatic rings. The molecule has 0 unspecified atom stereocenters. The van der Waals surface area contributed by atoms with Crippen LogP contribution >= 0.6 is 11.3 Å². The Labute approximate surface area is 153 Å². The van der Waals surface area contributed by atoms with Crippen molar-refractivity contribution >= 4 is 28.4 Å². The lowest BCUT2D eigenvalue weighted by Crippen LogP contribution is -1.97. The molecule has 0 saturated heterocycles. The molecule has 0 radical (unpaired) electrons. The van der Waals surface area contributed by atoms with Crippen molar-refractivity contribution < 1.29 is 9.13 Å². The van der Waals surface area contributed by atoms with E-state index < -0.39 is 0 Å². The number of hydrogen-bond donors (Lipinski definition) is 0. The van der Waals surface area contributed by atoms with E-state index in [1.54, 1.807) is 23.8 Å². The number of nitrogens with zero attached hydrogens (tertiary/aromatic N) is 4. The second-order valence-corrected chi connectivity index (χ2v) is 6.65. The molecule has 0 aliphatic carbocycles. The van der Waals surface area contributed by atoms with Gasteiger partial charge in [-0.1, -0.05) is 41.7 Å². The Kier molecular flexibility index (Phi) is 4.45. The first-order valence-corrected chi connectivity index (χ1v) is 8.80. The smallest absolute Gasteiger partial charge is 0.234 e. The van der Waals surface area contributed by atoms with Crippen LogP contribution in [0.1, 0.15) is 22.0 Å². The summed E-state index contributed by atoms with van der Waals surface area (Å²) >= 11 is 1.45. The number of methoxy groups -OCH3 is 1. The highest BCUT2D eigenvalue weighted by atomic mass is 32.1. The second kappa shape index (κ2) is 7.05. The monoisotopic (exact) mass is 366 g/mol. The Balaban J connectivity index is 1.55. The van der Waals surface area contributed by atoms with E-state index in [2.05, 4.69) is 15.3 Å². The van der Waals surface area contributed by atoms with E-state index in [4.69, 9.17) is 4.74 Å². The van der Waals surface area contributed by atoms with Crippen molar-refractivity contribution in [3.05, 3.63) is 76.3 Å². The predicted molar refractivity (Wildman–Crippen MR) is 99.8 cm³/mol. The number of halogens is 1. The zero-order valence-electron chi connectivity index (χ0n) is 14.0. The molecule has 0 spiro atoms. The molecule has 4 rings (SSSR count). The van der Waals surface area contributed by atoms with E-state index in [0.29, 0.717) is 6.42 Å². The van der Waals surface area contributed by atoms with Crippen LogP contribution in [0.15, 0.2) is 48.5 Å².